The number of benzene rings is 1. The molecule has 2 aromatic rings. The van der Waals surface area contributed by atoms with E-state index in [1.165, 1.54) is 10.4 Å². The van der Waals surface area contributed by atoms with Gasteiger partial charge >= 0.3 is 0 Å². The fraction of sp³-hybridized carbons (Fsp3) is 0.500. The molecule has 3 rings (SSSR count). The lowest BCUT2D eigenvalue weighted by molar-refractivity contribution is 0.0322. The van der Waals surface area contributed by atoms with Gasteiger partial charge in [-0.3, -0.25) is 9.89 Å². The van der Waals surface area contributed by atoms with Gasteiger partial charge in [-0.1, -0.05) is 25.1 Å². The predicted octanol–water partition coefficient (Wildman–Crippen LogP) is 3.55. The molecule has 1 aliphatic heterocycles. The van der Waals surface area contributed by atoms with Crippen molar-refractivity contribution in [3.63, 3.8) is 0 Å². The summed E-state index contributed by atoms with van der Waals surface area (Å²) < 4.78 is 11.3. The maximum absolute atomic E-state index is 5.95. The van der Waals surface area contributed by atoms with Gasteiger partial charge in [0, 0.05) is 50.6 Å². The molecule has 1 saturated heterocycles. The molecule has 1 aliphatic rings. The Balaban J connectivity index is 0.00000320. The Morgan fingerprint density at radius 2 is 2.07 bits per heavy atom. The molecule has 1 aromatic carbocycles. The number of thiophene rings is 1. The highest BCUT2D eigenvalue weighted by Crippen LogP contribution is 2.19. The molecule has 2 heterocycles. The number of guanidine groups is 1. The SMILES string of the molecule is CN=C(NCc1cccc(OCCN2CCOCC2)c1)NCC(C)c1cccs1.I. The molecule has 8 heteroatoms. The zero-order chi connectivity index (χ0) is 20.3. The average molecular weight is 545 g/mol. The van der Waals surface area contributed by atoms with Gasteiger partial charge in [-0.15, -0.1) is 35.3 Å². The molecule has 0 aliphatic carbocycles. The van der Waals surface area contributed by atoms with Gasteiger partial charge in [0.25, 0.3) is 0 Å². The van der Waals surface area contributed by atoms with E-state index < -0.39 is 0 Å². The van der Waals surface area contributed by atoms with Gasteiger partial charge in [0.1, 0.15) is 12.4 Å². The van der Waals surface area contributed by atoms with Crippen LogP contribution in [0.15, 0.2) is 46.8 Å². The third-order valence-corrected chi connectivity index (χ3v) is 6.07. The second-order valence-electron chi connectivity index (χ2n) is 7.17. The molecule has 0 amide bonds. The number of ether oxygens (including phenoxy) is 2. The van der Waals surface area contributed by atoms with Crippen molar-refractivity contribution in [2.75, 3.05) is 53.0 Å². The maximum Gasteiger partial charge on any atom is 0.191 e. The van der Waals surface area contributed by atoms with Gasteiger partial charge in [0.05, 0.1) is 13.2 Å². The summed E-state index contributed by atoms with van der Waals surface area (Å²) in [6, 6.07) is 12.5. The van der Waals surface area contributed by atoms with Crippen molar-refractivity contribution < 1.29 is 9.47 Å². The minimum atomic E-state index is 0. The molecular weight excluding hydrogens is 511 g/mol. The first-order valence-corrected chi connectivity index (χ1v) is 11.1. The Hall–Kier alpha value is -1.36. The van der Waals surface area contributed by atoms with E-state index in [1.54, 1.807) is 18.4 Å². The molecule has 0 bridgehead atoms. The van der Waals surface area contributed by atoms with Crippen LogP contribution in [0.2, 0.25) is 0 Å². The highest BCUT2D eigenvalue weighted by atomic mass is 127. The highest BCUT2D eigenvalue weighted by Gasteiger charge is 2.10. The molecule has 30 heavy (non-hydrogen) atoms. The lowest BCUT2D eigenvalue weighted by Crippen LogP contribution is -2.38. The van der Waals surface area contributed by atoms with Gasteiger partial charge in [0.15, 0.2) is 5.96 Å². The number of halogens is 1. The summed E-state index contributed by atoms with van der Waals surface area (Å²) in [6.45, 7) is 9.04. The van der Waals surface area contributed by atoms with Crippen LogP contribution in [0.5, 0.6) is 5.75 Å². The standard InChI is InChI=1S/C22H32N4O2S.HI/c1-18(21-7-4-14-29-21)16-24-22(23-2)25-17-19-5-3-6-20(15-19)28-13-10-26-8-11-27-12-9-26;/h3-7,14-15,18H,8-13,16-17H2,1-2H3,(H2,23,24,25);1H. The largest absolute Gasteiger partial charge is 0.492 e. The first-order chi connectivity index (χ1) is 14.2. The zero-order valence-corrected chi connectivity index (χ0v) is 20.9. The summed E-state index contributed by atoms with van der Waals surface area (Å²) in [4.78, 5) is 8.09. The Labute approximate surface area is 201 Å². The van der Waals surface area contributed by atoms with Crippen LogP contribution in [0, 0.1) is 0 Å². The van der Waals surface area contributed by atoms with Gasteiger partial charge in [-0.05, 0) is 29.1 Å². The molecule has 1 unspecified atom stereocenters. The van der Waals surface area contributed by atoms with Crippen molar-refractivity contribution in [2.24, 2.45) is 4.99 Å². The number of aliphatic imine (C=N–C) groups is 1. The second-order valence-corrected chi connectivity index (χ2v) is 8.15. The Morgan fingerprint density at radius 3 is 2.80 bits per heavy atom. The maximum atomic E-state index is 5.95. The van der Waals surface area contributed by atoms with Gasteiger partial charge < -0.3 is 20.1 Å². The van der Waals surface area contributed by atoms with Crippen LogP contribution in [0.25, 0.3) is 0 Å². The summed E-state index contributed by atoms with van der Waals surface area (Å²) in [5, 5.41) is 8.92. The van der Waals surface area contributed by atoms with Crippen LogP contribution < -0.4 is 15.4 Å². The molecule has 0 spiro atoms. The Bertz CT molecular complexity index is 751. The average Bonchev–Trinajstić information content (AvgIpc) is 3.30. The van der Waals surface area contributed by atoms with Crippen molar-refractivity contribution >= 4 is 41.3 Å². The zero-order valence-electron chi connectivity index (χ0n) is 17.8. The van der Waals surface area contributed by atoms with Gasteiger partial charge in [-0.25, -0.2) is 0 Å². The molecule has 166 valence electrons. The summed E-state index contributed by atoms with van der Waals surface area (Å²) >= 11 is 1.79. The molecule has 1 fully saturated rings. The molecular formula is C22H33IN4O2S. The first kappa shape index (κ1) is 24.9. The number of nitrogens with zero attached hydrogens (tertiary/aromatic N) is 2. The van der Waals surface area contributed by atoms with Crippen molar-refractivity contribution in [1.82, 2.24) is 15.5 Å². The number of rotatable bonds is 9. The molecule has 0 radical (unpaired) electrons. The lowest BCUT2D eigenvalue weighted by Gasteiger charge is -2.26. The van der Waals surface area contributed by atoms with Crippen LogP contribution >= 0.6 is 35.3 Å². The lowest BCUT2D eigenvalue weighted by atomic mass is 10.1. The fourth-order valence-electron chi connectivity index (χ4n) is 3.19. The molecule has 1 aromatic heterocycles. The summed E-state index contributed by atoms with van der Waals surface area (Å²) in [5.74, 6) is 2.18. The van der Waals surface area contributed by atoms with Crippen LogP contribution in [-0.4, -0.2) is 63.9 Å². The smallest absolute Gasteiger partial charge is 0.191 e. The first-order valence-electron chi connectivity index (χ1n) is 10.2. The van der Waals surface area contributed by atoms with Gasteiger partial charge in [-0.2, -0.15) is 0 Å². The van der Waals surface area contributed by atoms with Gasteiger partial charge in [0.2, 0.25) is 0 Å². The normalized spacial score (nSPS) is 15.9. The van der Waals surface area contributed by atoms with Crippen LogP contribution in [0.3, 0.4) is 0 Å². The molecule has 2 N–H and O–H groups in total. The van der Waals surface area contributed by atoms with E-state index in [9.17, 15) is 0 Å². The monoisotopic (exact) mass is 544 g/mol. The van der Waals surface area contributed by atoms with Crippen molar-refractivity contribution in [1.29, 1.82) is 0 Å². The van der Waals surface area contributed by atoms with Crippen molar-refractivity contribution in [2.45, 2.75) is 19.4 Å². The van der Waals surface area contributed by atoms with Crippen LogP contribution in [0.1, 0.15) is 23.3 Å². The molecule has 6 nitrogen and oxygen atoms in total. The van der Waals surface area contributed by atoms with E-state index in [2.05, 4.69) is 57.1 Å². The number of hydrogen-bond acceptors (Lipinski definition) is 5. The Kier molecular flexibility index (Phi) is 11.5. The third-order valence-electron chi connectivity index (χ3n) is 4.97. The van der Waals surface area contributed by atoms with E-state index >= 15 is 0 Å². The van der Waals surface area contributed by atoms with E-state index in [-0.39, 0.29) is 24.0 Å². The molecule has 0 saturated carbocycles. The predicted molar refractivity (Wildman–Crippen MR) is 136 cm³/mol. The summed E-state index contributed by atoms with van der Waals surface area (Å²) in [7, 11) is 1.80. The third kappa shape index (κ3) is 8.41. The Morgan fingerprint density at radius 1 is 1.23 bits per heavy atom. The van der Waals surface area contributed by atoms with Crippen molar-refractivity contribution in [3.8, 4) is 5.75 Å². The van der Waals surface area contributed by atoms with Crippen LogP contribution in [0.4, 0.5) is 0 Å². The number of hydrogen-bond donors (Lipinski definition) is 2. The number of nitrogens with one attached hydrogen (secondary N) is 2. The molecule has 1 atom stereocenters. The van der Waals surface area contributed by atoms with E-state index in [4.69, 9.17) is 9.47 Å². The topological polar surface area (TPSA) is 58.1 Å². The quantitative estimate of drug-likeness (QED) is 0.288. The van der Waals surface area contributed by atoms with E-state index in [0.717, 1.165) is 51.1 Å². The van der Waals surface area contributed by atoms with E-state index in [0.29, 0.717) is 19.1 Å². The van der Waals surface area contributed by atoms with Crippen molar-refractivity contribution in [3.05, 3.63) is 52.2 Å². The fourth-order valence-corrected chi connectivity index (χ4v) is 3.98. The van der Waals surface area contributed by atoms with Crippen LogP contribution in [-0.2, 0) is 11.3 Å². The summed E-state index contributed by atoms with van der Waals surface area (Å²) in [6.07, 6.45) is 0. The minimum absolute atomic E-state index is 0. The van der Waals surface area contributed by atoms with E-state index in [1.807, 2.05) is 12.1 Å². The second kappa shape index (κ2) is 13.8. The summed E-state index contributed by atoms with van der Waals surface area (Å²) in [5.41, 5.74) is 1.17. The minimum Gasteiger partial charge on any atom is -0.492 e. The number of morpholine rings is 1. The highest BCUT2D eigenvalue weighted by molar-refractivity contribution is 14.0.